The molecule has 92 valence electrons. The molecule has 0 fully saturated rings. The Morgan fingerprint density at radius 1 is 1.41 bits per heavy atom. The zero-order valence-corrected chi connectivity index (χ0v) is 10.5. The van der Waals surface area contributed by atoms with E-state index in [9.17, 15) is 13.2 Å². The zero-order valence-electron chi connectivity index (χ0n) is 9.73. The normalized spacial score (nSPS) is 14.8. The molecule has 17 heavy (non-hydrogen) atoms. The molecule has 0 unspecified atom stereocenters. The first-order valence-electron chi connectivity index (χ1n) is 5.31. The van der Waals surface area contributed by atoms with Gasteiger partial charge in [-0.05, 0) is 31.2 Å². The van der Waals surface area contributed by atoms with Gasteiger partial charge in [0.25, 0.3) is 0 Å². The first-order valence-corrected chi connectivity index (χ1v) is 6.79. The molecule has 1 aromatic rings. The van der Waals surface area contributed by atoms with Gasteiger partial charge in [0, 0.05) is 19.2 Å². The van der Waals surface area contributed by atoms with E-state index in [4.69, 9.17) is 0 Å². The van der Waals surface area contributed by atoms with Crippen LogP contribution in [0.3, 0.4) is 0 Å². The third kappa shape index (κ3) is 1.94. The van der Waals surface area contributed by atoms with Crippen molar-refractivity contribution < 1.29 is 13.2 Å². The number of fused-ring (bicyclic) bond motifs is 1. The average Bonchev–Trinajstić information content (AvgIpc) is 2.72. The molecule has 2 rings (SSSR count). The Morgan fingerprint density at radius 2 is 2.12 bits per heavy atom. The molecule has 6 heteroatoms. The highest BCUT2D eigenvalue weighted by Gasteiger charge is 2.28. The molecule has 1 aliphatic heterocycles. The Bertz CT molecular complexity index is 566. The molecule has 0 aliphatic carbocycles. The lowest BCUT2D eigenvalue weighted by atomic mass is 10.2. The van der Waals surface area contributed by atoms with Gasteiger partial charge in [-0.15, -0.1) is 0 Å². The van der Waals surface area contributed by atoms with Gasteiger partial charge in [0.1, 0.15) is 0 Å². The number of nitrogens with zero attached hydrogens (tertiary/aromatic N) is 1. The topological polar surface area (TPSA) is 66.5 Å². The van der Waals surface area contributed by atoms with E-state index in [0.717, 1.165) is 5.56 Å². The number of benzene rings is 1. The Hall–Kier alpha value is -1.40. The summed E-state index contributed by atoms with van der Waals surface area (Å²) >= 11 is 0. The minimum absolute atomic E-state index is 0.0669. The van der Waals surface area contributed by atoms with Crippen molar-refractivity contribution in [2.45, 2.75) is 18.2 Å². The Kier molecular flexibility index (Phi) is 2.92. The van der Waals surface area contributed by atoms with Crippen LogP contribution in [0, 0.1) is 0 Å². The summed E-state index contributed by atoms with van der Waals surface area (Å²) in [6.45, 7) is 2.02. The van der Waals surface area contributed by atoms with Gasteiger partial charge in [-0.1, -0.05) is 6.07 Å². The van der Waals surface area contributed by atoms with Gasteiger partial charge in [-0.25, -0.2) is 13.1 Å². The van der Waals surface area contributed by atoms with Crippen LogP contribution in [-0.4, -0.2) is 27.9 Å². The van der Waals surface area contributed by atoms with E-state index in [1.165, 1.54) is 14.0 Å². The quantitative estimate of drug-likeness (QED) is 0.836. The molecule has 0 radical (unpaired) electrons. The van der Waals surface area contributed by atoms with Gasteiger partial charge in [0.05, 0.1) is 4.90 Å². The predicted octanol–water partition coefficient (Wildman–Crippen LogP) is 0.504. The maximum Gasteiger partial charge on any atom is 0.240 e. The van der Waals surface area contributed by atoms with Crippen LogP contribution in [0.15, 0.2) is 23.1 Å². The Labute approximate surface area is 100 Å². The maximum atomic E-state index is 11.8. The minimum Gasteiger partial charge on any atom is -0.312 e. The van der Waals surface area contributed by atoms with Crippen molar-refractivity contribution in [2.75, 3.05) is 18.5 Å². The number of carbonyl (C=O) groups is 1. The van der Waals surface area contributed by atoms with Crippen LogP contribution in [0.1, 0.15) is 12.5 Å². The van der Waals surface area contributed by atoms with Gasteiger partial charge < -0.3 is 4.90 Å². The smallest absolute Gasteiger partial charge is 0.240 e. The summed E-state index contributed by atoms with van der Waals surface area (Å²) in [5.74, 6) is -0.0669. The molecule has 0 bridgehead atoms. The van der Waals surface area contributed by atoms with Crippen LogP contribution in [0.2, 0.25) is 0 Å². The van der Waals surface area contributed by atoms with Crippen molar-refractivity contribution in [3.8, 4) is 0 Å². The number of hydrogen-bond donors (Lipinski definition) is 1. The van der Waals surface area contributed by atoms with E-state index in [1.54, 1.807) is 23.1 Å². The third-order valence-corrected chi connectivity index (χ3v) is 4.42. The summed E-state index contributed by atoms with van der Waals surface area (Å²) in [7, 11) is -2.08. The van der Waals surface area contributed by atoms with E-state index >= 15 is 0 Å². The Morgan fingerprint density at radius 3 is 2.71 bits per heavy atom. The number of amides is 1. The summed E-state index contributed by atoms with van der Waals surface area (Å²) in [6, 6.07) is 5.00. The summed E-state index contributed by atoms with van der Waals surface area (Å²) in [6.07, 6.45) is 0.575. The lowest BCUT2D eigenvalue weighted by Crippen LogP contribution is -2.25. The minimum atomic E-state index is -3.46. The Balaban J connectivity index is 2.58. The van der Waals surface area contributed by atoms with Crippen molar-refractivity contribution >= 4 is 21.6 Å². The molecule has 0 atom stereocenters. The molecular weight excluding hydrogens is 240 g/mol. The van der Waals surface area contributed by atoms with Gasteiger partial charge >= 0.3 is 0 Å². The monoisotopic (exact) mass is 254 g/mol. The van der Waals surface area contributed by atoms with Crippen molar-refractivity contribution in [1.82, 2.24) is 4.72 Å². The number of carbonyl (C=O) groups excluding carboxylic acids is 1. The fourth-order valence-electron chi connectivity index (χ4n) is 2.09. The fraction of sp³-hybridized carbons (Fsp3) is 0.364. The number of rotatable bonds is 2. The fourth-order valence-corrected chi connectivity index (χ4v) is 3.10. The lowest BCUT2D eigenvalue weighted by Gasteiger charge is -2.15. The standard InChI is InChI=1S/C11H14N2O3S/c1-8(14)13-7-6-9-10(13)4-3-5-11(9)17(15,16)12-2/h3-5,12H,6-7H2,1-2H3. The first-order chi connectivity index (χ1) is 7.97. The van der Waals surface area contributed by atoms with Gasteiger partial charge in [0.2, 0.25) is 15.9 Å². The number of hydrogen-bond acceptors (Lipinski definition) is 3. The van der Waals surface area contributed by atoms with Crippen LogP contribution >= 0.6 is 0 Å². The molecule has 5 nitrogen and oxygen atoms in total. The summed E-state index contributed by atoms with van der Waals surface area (Å²) in [5.41, 5.74) is 1.42. The maximum absolute atomic E-state index is 11.8. The van der Waals surface area contributed by atoms with Crippen LogP contribution in [0.5, 0.6) is 0 Å². The summed E-state index contributed by atoms with van der Waals surface area (Å²) < 4.78 is 25.9. The summed E-state index contributed by atoms with van der Waals surface area (Å²) in [4.78, 5) is 13.3. The van der Waals surface area contributed by atoms with E-state index in [0.29, 0.717) is 18.7 Å². The molecule has 1 N–H and O–H groups in total. The molecular formula is C11H14N2O3S. The highest BCUT2D eigenvalue weighted by Crippen LogP contribution is 2.32. The van der Waals surface area contributed by atoms with E-state index in [2.05, 4.69) is 4.72 Å². The second kappa shape index (κ2) is 4.12. The number of sulfonamides is 1. The second-order valence-electron chi connectivity index (χ2n) is 3.88. The third-order valence-electron chi connectivity index (χ3n) is 2.92. The number of anilines is 1. The van der Waals surface area contributed by atoms with Crippen molar-refractivity contribution in [2.24, 2.45) is 0 Å². The first kappa shape index (κ1) is 12.1. The molecule has 0 saturated carbocycles. The summed E-state index contributed by atoms with van der Waals surface area (Å²) in [5, 5.41) is 0. The van der Waals surface area contributed by atoms with E-state index < -0.39 is 10.0 Å². The molecule has 1 amide bonds. The lowest BCUT2D eigenvalue weighted by molar-refractivity contribution is -0.116. The van der Waals surface area contributed by atoms with Crippen LogP contribution < -0.4 is 9.62 Å². The largest absolute Gasteiger partial charge is 0.312 e. The highest BCUT2D eigenvalue weighted by molar-refractivity contribution is 7.89. The highest BCUT2D eigenvalue weighted by atomic mass is 32.2. The van der Waals surface area contributed by atoms with Crippen molar-refractivity contribution in [3.63, 3.8) is 0 Å². The average molecular weight is 254 g/mol. The van der Waals surface area contributed by atoms with Crippen molar-refractivity contribution in [1.29, 1.82) is 0 Å². The number of nitrogens with one attached hydrogen (secondary N) is 1. The van der Waals surface area contributed by atoms with Gasteiger partial charge in [0.15, 0.2) is 0 Å². The van der Waals surface area contributed by atoms with Crippen molar-refractivity contribution in [3.05, 3.63) is 23.8 Å². The molecule has 1 aromatic carbocycles. The predicted molar refractivity (Wildman–Crippen MR) is 64.4 cm³/mol. The zero-order chi connectivity index (χ0) is 12.6. The van der Waals surface area contributed by atoms with Gasteiger partial charge in [-0.3, -0.25) is 4.79 Å². The van der Waals surface area contributed by atoms with E-state index in [-0.39, 0.29) is 10.8 Å². The molecule has 0 spiro atoms. The SMILES string of the molecule is CNS(=O)(=O)c1cccc2c1CCN2C(C)=O. The molecule has 1 heterocycles. The molecule has 0 aromatic heterocycles. The second-order valence-corrected chi connectivity index (χ2v) is 5.74. The molecule has 0 saturated heterocycles. The van der Waals surface area contributed by atoms with Crippen LogP contribution in [0.25, 0.3) is 0 Å². The van der Waals surface area contributed by atoms with Crippen LogP contribution in [0.4, 0.5) is 5.69 Å². The van der Waals surface area contributed by atoms with Gasteiger partial charge in [-0.2, -0.15) is 0 Å². The molecule has 1 aliphatic rings. The van der Waals surface area contributed by atoms with E-state index in [1.807, 2.05) is 0 Å². The van der Waals surface area contributed by atoms with Crippen LogP contribution in [-0.2, 0) is 21.2 Å².